The number of nitrogens with two attached hydrogens (primary N) is 1. The van der Waals surface area contributed by atoms with Crippen molar-refractivity contribution in [3.63, 3.8) is 0 Å². The molecule has 0 aliphatic rings. The molecule has 0 bridgehead atoms. The summed E-state index contributed by atoms with van der Waals surface area (Å²) in [4.78, 5) is 46.6. The predicted octanol–water partition coefficient (Wildman–Crippen LogP) is 1.54. The number of ether oxygens (including phenoxy) is 1. The highest BCUT2D eigenvalue weighted by molar-refractivity contribution is 5.98. The maximum Gasteiger partial charge on any atom is 0.336 e. The largest absolute Gasteiger partial charge is 0.497 e. The first-order chi connectivity index (χ1) is 14.3. The Morgan fingerprint density at radius 1 is 1.23 bits per heavy atom. The molecule has 3 aromatic rings. The number of nitro groups is 1. The van der Waals surface area contributed by atoms with Crippen LogP contribution in [0.15, 0.2) is 57.7 Å². The fourth-order valence-corrected chi connectivity index (χ4v) is 2.95. The van der Waals surface area contributed by atoms with Crippen molar-refractivity contribution in [1.29, 1.82) is 0 Å². The van der Waals surface area contributed by atoms with Gasteiger partial charge >= 0.3 is 5.63 Å². The summed E-state index contributed by atoms with van der Waals surface area (Å²) >= 11 is 0. The minimum absolute atomic E-state index is 0.00220. The molecule has 3 rings (SSSR count). The van der Waals surface area contributed by atoms with E-state index in [1.165, 1.54) is 37.4 Å². The van der Waals surface area contributed by atoms with Gasteiger partial charge in [-0.1, -0.05) is 6.07 Å². The van der Waals surface area contributed by atoms with Gasteiger partial charge in [-0.2, -0.15) is 0 Å². The van der Waals surface area contributed by atoms with E-state index in [0.717, 1.165) is 6.07 Å². The Hall–Kier alpha value is -4.21. The van der Waals surface area contributed by atoms with Crippen molar-refractivity contribution in [3.05, 3.63) is 80.2 Å². The van der Waals surface area contributed by atoms with Crippen molar-refractivity contribution in [2.24, 2.45) is 5.73 Å². The number of carbonyl (C=O) groups is 2. The Morgan fingerprint density at radius 2 is 2.00 bits per heavy atom. The Kier molecular flexibility index (Phi) is 5.77. The summed E-state index contributed by atoms with van der Waals surface area (Å²) < 4.78 is 10.3. The predicted molar refractivity (Wildman–Crippen MR) is 106 cm³/mol. The number of hydrogen-bond donors (Lipinski definition) is 2. The highest BCUT2D eigenvalue weighted by atomic mass is 16.6. The van der Waals surface area contributed by atoms with Crippen LogP contribution in [0.2, 0.25) is 0 Å². The number of amides is 2. The maximum atomic E-state index is 12.5. The van der Waals surface area contributed by atoms with Crippen LogP contribution in [0.5, 0.6) is 5.75 Å². The standard InChI is InChI=1S/C20H17N3O7/c1-29-14-5-6-15-12(9-18(24)30-17(15)10-14)8-16(19(21)25)22-20(26)11-3-2-4-13(7-11)23(27)28/h2-7,9-10,16H,8H2,1H3,(H2,21,25)(H,22,26)/t16-/m1/s1. The lowest BCUT2D eigenvalue weighted by molar-refractivity contribution is -0.384. The second-order valence-corrected chi connectivity index (χ2v) is 6.39. The summed E-state index contributed by atoms with van der Waals surface area (Å²) in [6.07, 6.45) is -0.0789. The second-order valence-electron chi connectivity index (χ2n) is 6.39. The van der Waals surface area contributed by atoms with Gasteiger partial charge in [-0.25, -0.2) is 4.79 Å². The van der Waals surface area contributed by atoms with E-state index >= 15 is 0 Å². The molecule has 30 heavy (non-hydrogen) atoms. The van der Waals surface area contributed by atoms with E-state index in [4.69, 9.17) is 14.9 Å². The van der Waals surface area contributed by atoms with Crippen LogP contribution in [0, 0.1) is 10.1 Å². The Bertz CT molecular complexity index is 1200. The summed E-state index contributed by atoms with van der Waals surface area (Å²) in [5, 5.41) is 13.9. The van der Waals surface area contributed by atoms with E-state index in [0.29, 0.717) is 16.7 Å². The van der Waals surface area contributed by atoms with Gasteiger partial charge < -0.3 is 20.2 Å². The third kappa shape index (κ3) is 4.43. The van der Waals surface area contributed by atoms with Crippen molar-refractivity contribution in [3.8, 4) is 5.75 Å². The third-order valence-corrected chi connectivity index (χ3v) is 4.43. The second kappa shape index (κ2) is 8.43. The van der Waals surface area contributed by atoms with Gasteiger partial charge in [0.1, 0.15) is 17.4 Å². The number of nitro benzene ring substituents is 1. The molecule has 0 unspecified atom stereocenters. The number of fused-ring (bicyclic) bond motifs is 1. The quantitative estimate of drug-likeness (QED) is 0.339. The van der Waals surface area contributed by atoms with Crippen LogP contribution in [0.1, 0.15) is 15.9 Å². The first-order valence-electron chi connectivity index (χ1n) is 8.74. The molecule has 2 amide bonds. The van der Waals surface area contributed by atoms with E-state index < -0.39 is 28.4 Å². The van der Waals surface area contributed by atoms with Gasteiger partial charge in [0.05, 0.1) is 12.0 Å². The molecule has 3 N–H and O–H groups in total. The maximum absolute atomic E-state index is 12.5. The van der Waals surface area contributed by atoms with E-state index in [1.807, 2.05) is 0 Å². The number of hydrogen-bond acceptors (Lipinski definition) is 7. The number of non-ortho nitro benzene ring substituents is 1. The molecule has 1 atom stereocenters. The van der Waals surface area contributed by atoms with E-state index in [1.54, 1.807) is 12.1 Å². The van der Waals surface area contributed by atoms with Gasteiger partial charge in [-0.3, -0.25) is 19.7 Å². The molecule has 154 valence electrons. The monoisotopic (exact) mass is 411 g/mol. The van der Waals surface area contributed by atoms with Crippen LogP contribution in [-0.2, 0) is 11.2 Å². The lowest BCUT2D eigenvalue weighted by Crippen LogP contribution is -2.46. The molecule has 1 aromatic heterocycles. The van der Waals surface area contributed by atoms with Crippen LogP contribution < -0.4 is 21.4 Å². The summed E-state index contributed by atoms with van der Waals surface area (Å²) in [7, 11) is 1.47. The van der Waals surface area contributed by atoms with Crippen molar-refractivity contribution in [2.45, 2.75) is 12.5 Å². The lowest BCUT2D eigenvalue weighted by atomic mass is 10.0. The summed E-state index contributed by atoms with van der Waals surface area (Å²) in [5.41, 5.74) is 5.22. The van der Waals surface area contributed by atoms with Crippen molar-refractivity contribution < 1.29 is 23.7 Å². The highest BCUT2D eigenvalue weighted by Gasteiger charge is 2.22. The van der Waals surface area contributed by atoms with Crippen LogP contribution in [0.3, 0.4) is 0 Å². The Morgan fingerprint density at radius 3 is 2.67 bits per heavy atom. The molecule has 0 radical (unpaired) electrons. The van der Waals surface area contributed by atoms with E-state index in [9.17, 15) is 24.5 Å². The molecule has 1 heterocycles. The zero-order chi connectivity index (χ0) is 21.8. The average Bonchev–Trinajstić information content (AvgIpc) is 2.72. The third-order valence-electron chi connectivity index (χ3n) is 4.43. The number of rotatable bonds is 7. The van der Waals surface area contributed by atoms with Gasteiger partial charge in [0.2, 0.25) is 5.91 Å². The van der Waals surface area contributed by atoms with Crippen LogP contribution in [-0.4, -0.2) is 29.9 Å². The number of nitrogens with one attached hydrogen (secondary N) is 1. The molecule has 0 fully saturated rings. The molecule has 0 saturated carbocycles. The zero-order valence-electron chi connectivity index (χ0n) is 15.8. The average molecular weight is 411 g/mol. The normalized spacial score (nSPS) is 11.6. The minimum atomic E-state index is -1.16. The topological polar surface area (TPSA) is 155 Å². The van der Waals surface area contributed by atoms with Crippen molar-refractivity contribution >= 4 is 28.5 Å². The molecule has 10 nitrogen and oxygen atoms in total. The van der Waals surface area contributed by atoms with Crippen LogP contribution in [0.25, 0.3) is 11.0 Å². The van der Waals surface area contributed by atoms with Crippen LogP contribution >= 0.6 is 0 Å². The molecular weight excluding hydrogens is 394 g/mol. The fraction of sp³-hybridized carbons (Fsp3) is 0.150. The summed E-state index contributed by atoms with van der Waals surface area (Å²) in [6, 6.07) is 9.96. The lowest BCUT2D eigenvalue weighted by Gasteiger charge is -2.16. The molecule has 10 heteroatoms. The fourth-order valence-electron chi connectivity index (χ4n) is 2.95. The molecule has 0 aliphatic carbocycles. The van der Waals surface area contributed by atoms with Crippen molar-refractivity contribution in [2.75, 3.05) is 7.11 Å². The first-order valence-corrected chi connectivity index (χ1v) is 8.74. The first kappa shape index (κ1) is 20.5. The Balaban J connectivity index is 1.90. The van der Waals surface area contributed by atoms with E-state index in [-0.39, 0.29) is 23.3 Å². The van der Waals surface area contributed by atoms with Gasteiger partial charge in [0.25, 0.3) is 11.6 Å². The van der Waals surface area contributed by atoms with Gasteiger partial charge in [0.15, 0.2) is 0 Å². The number of benzene rings is 2. The van der Waals surface area contributed by atoms with Gasteiger partial charge in [-0.15, -0.1) is 0 Å². The van der Waals surface area contributed by atoms with E-state index in [2.05, 4.69) is 5.32 Å². The van der Waals surface area contributed by atoms with Gasteiger partial charge in [0, 0.05) is 41.6 Å². The molecule has 2 aromatic carbocycles. The molecule has 0 saturated heterocycles. The van der Waals surface area contributed by atoms with Gasteiger partial charge in [-0.05, 0) is 23.8 Å². The van der Waals surface area contributed by atoms with Crippen LogP contribution in [0.4, 0.5) is 5.69 Å². The summed E-state index contributed by atoms with van der Waals surface area (Å²) in [6.45, 7) is 0. The molecule has 0 spiro atoms. The number of primary amides is 1. The number of nitrogens with zero attached hydrogens (tertiary/aromatic N) is 1. The minimum Gasteiger partial charge on any atom is -0.497 e. The van der Waals surface area contributed by atoms with Crippen molar-refractivity contribution in [1.82, 2.24) is 5.32 Å². The number of methoxy groups -OCH3 is 1. The summed E-state index contributed by atoms with van der Waals surface area (Å²) in [5.74, 6) is -1.06. The SMILES string of the molecule is COc1ccc2c(C[C@@H](NC(=O)c3cccc([N+](=O)[O-])c3)C(N)=O)cc(=O)oc2c1. The number of carbonyl (C=O) groups excluding carboxylic acids is 2. The zero-order valence-corrected chi connectivity index (χ0v) is 15.8. The highest BCUT2D eigenvalue weighted by Crippen LogP contribution is 2.23. The molecular formula is C20H17N3O7. The smallest absolute Gasteiger partial charge is 0.336 e. The molecule has 0 aliphatic heterocycles. The Labute approximate surface area is 169 Å².